The van der Waals surface area contributed by atoms with Crippen molar-refractivity contribution >= 4 is 28.8 Å². The molecule has 142 valence electrons. The molecule has 7 heteroatoms. The number of aryl methyl sites for hydroxylation is 1. The van der Waals surface area contributed by atoms with Crippen molar-refractivity contribution < 1.29 is 13.6 Å². The van der Waals surface area contributed by atoms with Gasteiger partial charge >= 0.3 is 0 Å². The Bertz CT molecular complexity index is 1100. The molecule has 2 heterocycles. The van der Waals surface area contributed by atoms with E-state index in [1.807, 2.05) is 62.4 Å². The molecule has 0 bridgehead atoms. The average Bonchev–Trinajstić information content (AvgIpc) is 3.33. The topological polar surface area (TPSA) is 81.2 Å². The molecular weight excluding hydrogens is 374 g/mol. The van der Waals surface area contributed by atoms with E-state index in [9.17, 15) is 4.79 Å². The van der Waals surface area contributed by atoms with E-state index in [4.69, 9.17) is 8.83 Å². The minimum Gasteiger partial charge on any atom is -0.447 e. The van der Waals surface area contributed by atoms with E-state index in [0.717, 1.165) is 22.2 Å². The summed E-state index contributed by atoms with van der Waals surface area (Å²) >= 11 is 1.38. The Labute approximate surface area is 166 Å². The highest BCUT2D eigenvalue weighted by Crippen LogP contribution is 2.26. The van der Waals surface area contributed by atoms with E-state index in [-0.39, 0.29) is 17.6 Å². The number of amides is 1. The van der Waals surface area contributed by atoms with Crippen molar-refractivity contribution in [3.63, 3.8) is 0 Å². The second kappa shape index (κ2) is 7.90. The van der Waals surface area contributed by atoms with Crippen molar-refractivity contribution in [2.45, 2.75) is 30.9 Å². The highest BCUT2D eigenvalue weighted by atomic mass is 32.2. The molecule has 0 spiro atoms. The normalized spacial score (nSPS) is 12.2. The van der Waals surface area contributed by atoms with Gasteiger partial charge in [0.2, 0.25) is 5.89 Å². The number of aromatic nitrogens is 2. The van der Waals surface area contributed by atoms with Crippen LogP contribution >= 0.6 is 11.8 Å². The van der Waals surface area contributed by atoms with Gasteiger partial charge in [0.1, 0.15) is 11.8 Å². The molecule has 4 rings (SSSR count). The predicted octanol–water partition coefficient (Wildman–Crippen LogP) is 4.91. The van der Waals surface area contributed by atoms with Crippen LogP contribution < -0.4 is 5.32 Å². The van der Waals surface area contributed by atoms with Crippen molar-refractivity contribution in [2.75, 3.05) is 0 Å². The molecule has 1 N–H and O–H groups in total. The van der Waals surface area contributed by atoms with Crippen molar-refractivity contribution in [1.29, 1.82) is 0 Å². The largest absolute Gasteiger partial charge is 0.447 e. The fourth-order valence-electron chi connectivity index (χ4n) is 2.78. The van der Waals surface area contributed by atoms with Crippen LogP contribution in [0.2, 0.25) is 0 Å². The van der Waals surface area contributed by atoms with E-state index < -0.39 is 0 Å². The smallest absolute Gasteiger partial charge is 0.273 e. The lowest BCUT2D eigenvalue weighted by Gasteiger charge is -2.12. The second-order valence-electron chi connectivity index (χ2n) is 6.47. The van der Waals surface area contributed by atoms with Gasteiger partial charge in [0.25, 0.3) is 11.1 Å². The highest BCUT2D eigenvalue weighted by Gasteiger charge is 2.16. The first-order valence-electron chi connectivity index (χ1n) is 8.89. The number of carbonyl (C=O) groups is 1. The number of hydrogen-bond acceptors (Lipinski definition) is 6. The summed E-state index contributed by atoms with van der Waals surface area (Å²) in [4.78, 5) is 21.1. The van der Waals surface area contributed by atoms with Gasteiger partial charge in [-0.1, -0.05) is 48.2 Å². The number of oxazole rings is 2. The third-order valence-corrected chi connectivity index (χ3v) is 5.09. The first-order valence-corrected chi connectivity index (χ1v) is 9.87. The number of fused-ring (bicyclic) bond motifs is 1. The van der Waals surface area contributed by atoms with Crippen LogP contribution in [0.15, 0.2) is 68.9 Å². The molecule has 2 aromatic heterocycles. The summed E-state index contributed by atoms with van der Waals surface area (Å²) in [6.45, 7) is 3.94. The van der Waals surface area contributed by atoms with Gasteiger partial charge in [0.05, 0.1) is 11.8 Å². The van der Waals surface area contributed by atoms with E-state index >= 15 is 0 Å². The van der Waals surface area contributed by atoms with Gasteiger partial charge in [-0.2, -0.15) is 0 Å². The van der Waals surface area contributed by atoms with E-state index in [0.29, 0.717) is 16.9 Å². The lowest BCUT2D eigenvalue weighted by atomic mass is 10.1. The Kier molecular flexibility index (Phi) is 5.16. The van der Waals surface area contributed by atoms with Crippen LogP contribution in [-0.2, 0) is 5.75 Å². The van der Waals surface area contributed by atoms with Crippen molar-refractivity contribution in [1.82, 2.24) is 15.3 Å². The molecule has 0 saturated carbocycles. The summed E-state index contributed by atoms with van der Waals surface area (Å²) < 4.78 is 11.1. The van der Waals surface area contributed by atoms with Gasteiger partial charge in [-0.15, -0.1) is 0 Å². The lowest BCUT2D eigenvalue weighted by Crippen LogP contribution is -2.26. The Hall–Kier alpha value is -3.06. The molecule has 28 heavy (non-hydrogen) atoms. The predicted molar refractivity (Wildman–Crippen MR) is 107 cm³/mol. The van der Waals surface area contributed by atoms with Gasteiger partial charge in [-0.25, -0.2) is 9.97 Å². The van der Waals surface area contributed by atoms with E-state index in [1.165, 1.54) is 18.0 Å². The lowest BCUT2D eigenvalue weighted by molar-refractivity contribution is 0.0935. The third-order valence-electron chi connectivity index (χ3n) is 4.27. The van der Waals surface area contributed by atoms with Crippen LogP contribution in [0.3, 0.4) is 0 Å². The van der Waals surface area contributed by atoms with E-state index in [2.05, 4.69) is 15.3 Å². The number of nitrogens with one attached hydrogen (secondary N) is 1. The number of nitrogens with zero attached hydrogens (tertiary/aromatic N) is 2. The molecule has 0 aliphatic rings. The minimum atomic E-state index is -0.270. The van der Waals surface area contributed by atoms with Crippen LogP contribution in [0.5, 0.6) is 0 Å². The zero-order valence-electron chi connectivity index (χ0n) is 15.5. The zero-order valence-corrected chi connectivity index (χ0v) is 16.3. The molecule has 6 nitrogen and oxygen atoms in total. The second-order valence-corrected chi connectivity index (χ2v) is 7.40. The number of hydrogen-bond donors (Lipinski definition) is 1. The SMILES string of the molecule is Cc1ccc2oc(SCc3nc(C(=O)N[C@H](C)c4ccccc4)co3)nc2c1. The van der Waals surface area contributed by atoms with Crippen molar-refractivity contribution in [3.05, 3.63) is 77.5 Å². The van der Waals surface area contributed by atoms with Crippen LogP contribution in [0.4, 0.5) is 0 Å². The van der Waals surface area contributed by atoms with Gasteiger partial charge in [-0.3, -0.25) is 4.79 Å². The van der Waals surface area contributed by atoms with Crippen LogP contribution in [-0.4, -0.2) is 15.9 Å². The molecule has 1 atom stereocenters. The minimum absolute atomic E-state index is 0.119. The Morgan fingerprint density at radius 2 is 2.00 bits per heavy atom. The zero-order chi connectivity index (χ0) is 19.5. The maximum atomic E-state index is 12.4. The summed E-state index contributed by atoms with van der Waals surface area (Å²) in [5.74, 6) is 0.600. The van der Waals surface area contributed by atoms with Gasteiger partial charge in [0, 0.05) is 0 Å². The number of benzene rings is 2. The summed E-state index contributed by atoms with van der Waals surface area (Å²) in [6.07, 6.45) is 1.37. The molecule has 0 aliphatic heterocycles. The number of thioether (sulfide) groups is 1. The van der Waals surface area contributed by atoms with Crippen LogP contribution in [0, 0.1) is 6.92 Å². The Balaban J connectivity index is 1.37. The monoisotopic (exact) mass is 393 g/mol. The third kappa shape index (κ3) is 4.09. The van der Waals surface area contributed by atoms with Gasteiger partial charge < -0.3 is 14.2 Å². The first kappa shape index (κ1) is 18.3. The number of rotatable bonds is 6. The molecule has 0 unspecified atom stereocenters. The summed E-state index contributed by atoms with van der Waals surface area (Å²) in [6, 6.07) is 15.5. The summed E-state index contributed by atoms with van der Waals surface area (Å²) in [7, 11) is 0. The molecule has 0 radical (unpaired) electrons. The first-order chi connectivity index (χ1) is 13.6. The van der Waals surface area contributed by atoms with Crippen molar-refractivity contribution in [2.24, 2.45) is 0 Å². The molecule has 0 saturated heterocycles. The standard InChI is InChI=1S/C21H19N3O3S/c1-13-8-9-18-16(10-13)24-21(27-18)28-12-19-23-17(11-26-19)20(25)22-14(2)15-6-4-3-5-7-15/h3-11,14H,12H2,1-2H3,(H,22,25)/t14-/m1/s1. The fraction of sp³-hybridized carbons (Fsp3) is 0.190. The molecule has 0 aliphatic carbocycles. The van der Waals surface area contributed by atoms with E-state index in [1.54, 1.807) is 0 Å². The maximum Gasteiger partial charge on any atom is 0.273 e. The summed E-state index contributed by atoms with van der Waals surface area (Å²) in [5.41, 5.74) is 3.98. The maximum absolute atomic E-state index is 12.4. The van der Waals surface area contributed by atoms with Gasteiger partial charge in [0.15, 0.2) is 11.3 Å². The van der Waals surface area contributed by atoms with Crippen LogP contribution in [0.1, 0.15) is 40.5 Å². The van der Waals surface area contributed by atoms with Gasteiger partial charge in [-0.05, 0) is 37.1 Å². The van der Waals surface area contributed by atoms with Crippen molar-refractivity contribution in [3.8, 4) is 0 Å². The molecular formula is C21H19N3O3S. The Morgan fingerprint density at radius 3 is 2.82 bits per heavy atom. The molecule has 0 fully saturated rings. The molecule has 2 aromatic carbocycles. The fourth-order valence-corrected chi connectivity index (χ4v) is 3.47. The average molecular weight is 393 g/mol. The summed E-state index contributed by atoms with van der Waals surface area (Å²) in [5, 5.41) is 3.47. The van der Waals surface area contributed by atoms with Crippen LogP contribution in [0.25, 0.3) is 11.1 Å². The Morgan fingerprint density at radius 1 is 1.18 bits per heavy atom. The molecule has 4 aromatic rings. The number of carbonyl (C=O) groups excluding carboxylic acids is 1. The highest BCUT2D eigenvalue weighted by molar-refractivity contribution is 7.98. The molecule has 1 amide bonds. The quantitative estimate of drug-likeness (QED) is 0.469.